The van der Waals surface area contributed by atoms with E-state index >= 15 is 0 Å². The molecule has 1 N–H and O–H groups in total. The quantitative estimate of drug-likeness (QED) is 0.873. The molecule has 0 atom stereocenters. The van der Waals surface area contributed by atoms with Gasteiger partial charge in [0, 0.05) is 19.3 Å². The van der Waals surface area contributed by atoms with Crippen LogP contribution in [0.4, 0.5) is 5.69 Å². The second-order valence-corrected chi connectivity index (χ2v) is 7.22. The summed E-state index contributed by atoms with van der Waals surface area (Å²) in [6, 6.07) is 4.86. The van der Waals surface area contributed by atoms with Crippen LogP contribution < -0.4 is 9.62 Å². The lowest BCUT2D eigenvalue weighted by Gasteiger charge is -2.14. The van der Waals surface area contributed by atoms with Gasteiger partial charge in [-0.2, -0.15) is 0 Å². The molecule has 1 aromatic carbocycles. The van der Waals surface area contributed by atoms with Crippen molar-refractivity contribution in [2.24, 2.45) is 5.92 Å². The zero-order valence-corrected chi connectivity index (χ0v) is 13.5. The van der Waals surface area contributed by atoms with Crippen LogP contribution in [0.5, 0.6) is 0 Å². The standard InChI is InChI=1S/C15H22N2O3S/c1-4-11(5-2)10-16-21(19,20)13-6-7-14-12(8-13)9-15(18)17(14)3/h6-8,11,16H,4-5,9-10H2,1-3H3. The second kappa shape index (κ2) is 6.15. The summed E-state index contributed by atoms with van der Waals surface area (Å²) in [7, 11) is -1.81. The average Bonchev–Trinajstić information content (AvgIpc) is 2.74. The number of fused-ring (bicyclic) bond motifs is 1. The first-order valence-electron chi connectivity index (χ1n) is 7.28. The third kappa shape index (κ3) is 3.27. The lowest BCUT2D eigenvalue weighted by molar-refractivity contribution is -0.117. The van der Waals surface area contributed by atoms with E-state index in [0.717, 1.165) is 24.1 Å². The van der Waals surface area contributed by atoms with Gasteiger partial charge in [-0.15, -0.1) is 0 Å². The van der Waals surface area contributed by atoms with Crippen LogP contribution >= 0.6 is 0 Å². The summed E-state index contributed by atoms with van der Waals surface area (Å²) in [6.07, 6.45) is 2.16. The summed E-state index contributed by atoms with van der Waals surface area (Å²) in [6.45, 7) is 4.56. The fraction of sp³-hybridized carbons (Fsp3) is 0.533. The van der Waals surface area contributed by atoms with E-state index in [-0.39, 0.29) is 17.2 Å². The normalized spacial score (nSPS) is 14.9. The van der Waals surface area contributed by atoms with Gasteiger partial charge < -0.3 is 4.90 Å². The van der Waals surface area contributed by atoms with Gasteiger partial charge in [-0.3, -0.25) is 4.79 Å². The van der Waals surface area contributed by atoms with E-state index < -0.39 is 10.0 Å². The van der Waals surface area contributed by atoms with Gasteiger partial charge in [0.25, 0.3) is 0 Å². The van der Waals surface area contributed by atoms with Gasteiger partial charge in [-0.05, 0) is 29.7 Å². The molecule has 1 amide bonds. The van der Waals surface area contributed by atoms with Gasteiger partial charge in [0.15, 0.2) is 0 Å². The van der Waals surface area contributed by atoms with Crippen LogP contribution in [0.3, 0.4) is 0 Å². The van der Waals surface area contributed by atoms with E-state index in [0.29, 0.717) is 12.5 Å². The van der Waals surface area contributed by atoms with Crippen molar-refractivity contribution < 1.29 is 13.2 Å². The molecule has 21 heavy (non-hydrogen) atoms. The molecule has 1 aliphatic heterocycles. The topological polar surface area (TPSA) is 66.5 Å². The Labute approximate surface area is 126 Å². The molecule has 0 saturated carbocycles. The van der Waals surface area contributed by atoms with Crippen molar-refractivity contribution in [2.45, 2.75) is 38.0 Å². The number of anilines is 1. The fourth-order valence-electron chi connectivity index (χ4n) is 2.50. The summed E-state index contributed by atoms with van der Waals surface area (Å²) >= 11 is 0. The SMILES string of the molecule is CCC(CC)CNS(=O)(=O)c1ccc2c(c1)CC(=O)N2C. The largest absolute Gasteiger partial charge is 0.315 e. The summed E-state index contributed by atoms with van der Waals surface area (Å²) in [5, 5.41) is 0. The molecule has 0 aromatic heterocycles. The smallest absolute Gasteiger partial charge is 0.240 e. The highest BCUT2D eigenvalue weighted by Gasteiger charge is 2.26. The monoisotopic (exact) mass is 310 g/mol. The molecule has 0 spiro atoms. The maximum absolute atomic E-state index is 12.3. The number of nitrogens with one attached hydrogen (secondary N) is 1. The Bertz CT molecular complexity index is 636. The number of amides is 1. The van der Waals surface area contributed by atoms with Gasteiger partial charge in [0.1, 0.15) is 0 Å². The van der Waals surface area contributed by atoms with Crippen molar-refractivity contribution in [3.63, 3.8) is 0 Å². The van der Waals surface area contributed by atoms with Crippen molar-refractivity contribution in [2.75, 3.05) is 18.5 Å². The Balaban J connectivity index is 2.19. The summed E-state index contributed by atoms with van der Waals surface area (Å²) in [5.41, 5.74) is 1.56. The number of likely N-dealkylation sites (N-methyl/N-ethyl adjacent to an activating group) is 1. The number of nitrogens with zero attached hydrogens (tertiary/aromatic N) is 1. The van der Waals surface area contributed by atoms with E-state index in [1.54, 1.807) is 30.1 Å². The maximum Gasteiger partial charge on any atom is 0.240 e. The van der Waals surface area contributed by atoms with Crippen molar-refractivity contribution in [1.29, 1.82) is 0 Å². The van der Waals surface area contributed by atoms with Gasteiger partial charge in [0.2, 0.25) is 15.9 Å². The van der Waals surface area contributed by atoms with E-state index in [1.807, 2.05) is 0 Å². The number of benzene rings is 1. The molecule has 6 heteroatoms. The molecule has 0 aliphatic carbocycles. The van der Waals surface area contributed by atoms with Gasteiger partial charge in [-0.1, -0.05) is 26.7 Å². The minimum absolute atomic E-state index is 0.00969. The van der Waals surface area contributed by atoms with Crippen molar-refractivity contribution in [3.05, 3.63) is 23.8 Å². The highest BCUT2D eigenvalue weighted by atomic mass is 32.2. The highest BCUT2D eigenvalue weighted by Crippen LogP contribution is 2.29. The molecule has 0 fully saturated rings. The number of sulfonamides is 1. The van der Waals surface area contributed by atoms with Crippen LogP contribution in [0.15, 0.2) is 23.1 Å². The minimum Gasteiger partial charge on any atom is -0.315 e. The predicted octanol–water partition coefficient (Wildman–Crippen LogP) is 1.92. The van der Waals surface area contributed by atoms with Crippen LogP contribution in [0, 0.1) is 5.92 Å². The number of carbonyl (C=O) groups excluding carboxylic acids is 1. The van der Waals surface area contributed by atoms with E-state index in [1.165, 1.54) is 0 Å². The molecule has 116 valence electrons. The van der Waals surface area contributed by atoms with Gasteiger partial charge in [-0.25, -0.2) is 13.1 Å². The minimum atomic E-state index is -3.51. The molecular weight excluding hydrogens is 288 g/mol. The Kier molecular flexibility index (Phi) is 4.68. The zero-order chi connectivity index (χ0) is 15.6. The van der Waals surface area contributed by atoms with Crippen LogP contribution in [-0.4, -0.2) is 27.9 Å². The van der Waals surface area contributed by atoms with Gasteiger partial charge in [0.05, 0.1) is 11.3 Å². The van der Waals surface area contributed by atoms with Crippen molar-refractivity contribution >= 4 is 21.6 Å². The number of rotatable bonds is 6. The Morgan fingerprint density at radius 3 is 2.57 bits per heavy atom. The second-order valence-electron chi connectivity index (χ2n) is 5.45. The van der Waals surface area contributed by atoms with E-state index in [2.05, 4.69) is 18.6 Å². The van der Waals surface area contributed by atoms with E-state index in [4.69, 9.17) is 0 Å². The third-order valence-corrected chi connectivity index (χ3v) is 5.58. The summed E-state index contributed by atoms with van der Waals surface area (Å²) in [5.74, 6) is 0.339. The first kappa shape index (κ1) is 16.0. The van der Waals surface area contributed by atoms with Crippen LogP contribution in [0.25, 0.3) is 0 Å². The number of carbonyl (C=O) groups is 1. The Morgan fingerprint density at radius 1 is 1.29 bits per heavy atom. The summed E-state index contributed by atoms with van der Waals surface area (Å²) < 4.78 is 27.3. The first-order valence-corrected chi connectivity index (χ1v) is 8.76. The molecule has 2 rings (SSSR count). The molecule has 1 heterocycles. The molecule has 0 radical (unpaired) electrons. The molecule has 1 aliphatic rings. The third-order valence-electron chi connectivity index (χ3n) is 4.16. The lowest BCUT2D eigenvalue weighted by Crippen LogP contribution is -2.29. The first-order chi connectivity index (χ1) is 9.89. The lowest BCUT2D eigenvalue weighted by atomic mass is 10.0. The molecule has 0 unspecified atom stereocenters. The summed E-state index contributed by atoms with van der Waals surface area (Å²) in [4.78, 5) is 13.4. The zero-order valence-electron chi connectivity index (χ0n) is 12.7. The number of hydrogen-bond acceptors (Lipinski definition) is 3. The van der Waals surface area contributed by atoms with Crippen LogP contribution in [0.1, 0.15) is 32.3 Å². The molecule has 5 nitrogen and oxygen atoms in total. The maximum atomic E-state index is 12.3. The molecule has 0 bridgehead atoms. The molecular formula is C15H22N2O3S. The van der Waals surface area contributed by atoms with Crippen molar-refractivity contribution in [3.8, 4) is 0 Å². The fourth-order valence-corrected chi connectivity index (χ4v) is 3.67. The Morgan fingerprint density at radius 2 is 1.95 bits per heavy atom. The molecule has 0 saturated heterocycles. The van der Waals surface area contributed by atoms with E-state index in [9.17, 15) is 13.2 Å². The Hall–Kier alpha value is -1.40. The number of hydrogen-bond donors (Lipinski definition) is 1. The van der Waals surface area contributed by atoms with Crippen LogP contribution in [-0.2, 0) is 21.2 Å². The molecule has 1 aromatic rings. The predicted molar refractivity (Wildman–Crippen MR) is 82.8 cm³/mol. The average molecular weight is 310 g/mol. The van der Waals surface area contributed by atoms with Gasteiger partial charge >= 0.3 is 0 Å². The highest BCUT2D eigenvalue weighted by molar-refractivity contribution is 7.89. The van der Waals surface area contributed by atoms with Crippen LogP contribution in [0.2, 0.25) is 0 Å². The van der Waals surface area contributed by atoms with Crippen molar-refractivity contribution in [1.82, 2.24) is 4.72 Å².